The minimum absolute atomic E-state index is 0.534. The SMILES string of the molecule is CCOC1CC(NC[C@@H]2CNC[C@H]2C)C1. The van der Waals surface area contributed by atoms with Gasteiger partial charge in [-0.2, -0.15) is 0 Å². The molecule has 0 amide bonds. The van der Waals surface area contributed by atoms with E-state index in [0.717, 1.165) is 18.4 Å². The van der Waals surface area contributed by atoms with E-state index in [4.69, 9.17) is 4.74 Å². The summed E-state index contributed by atoms with van der Waals surface area (Å²) in [7, 11) is 0. The van der Waals surface area contributed by atoms with E-state index in [1.807, 2.05) is 0 Å². The first-order valence-corrected chi connectivity index (χ1v) is 6.35. The second-order valence-corrected chi connectivity index (χ2v) is 5.05. The Hall–Kier alpha value is -0.120. The van der Waals surface area contributed by atoms with Gasteiger partial charge in [-0.25, -0.2) is 0 Å². The molecule has 0 unspecified atom stereocenters. The Morgan fingerprint density at radius 2 is 2.13 bits per heavy atom. The fourth-order valence-electron chi connectivity index (χ4n) is 2.56. The summed E-state index contributed by atoms with van der Waals surface area (Å²) in [6, 6.07) is 0.717. The average molecular weight is 212 g/mol. The van der Waals surface area contributed by atoms with Gasteiger partial charge < -0.3 is 15.4 Å². The van der Waals surface area contributed by atoms with Gasteiger partial charge in [-0.15, -0.1) is 0 Å². The molecule has 1 aliphatic heterocycles. The lowest BCUT2D eigenvalue weighted by Crippen LogP contribution is -2.47. The third-order valence-corrected chi connectivity index (χ3v) is 3.84. The van der Waals surface area contributed by atoms with Crippen molar-refractivity contribution in [3.05, 3.63) is 0 Å². The fraction of sp³-hybridized carbons (Fsp3) is 1.00. The fourth-order valence-corrected chi connectivity index (χ4v) is 2.56. The number of nitrogens with one attached hydrogen (secondary N) is 2. The zero-order valence-corrected chi connectivity index (χ0v) is 9.96. The molecule has 0 aromatic rings. The molecular formula is C12H24N2O. The van der Waals surface area contributed by atoms with Crippen LogP contribution in [0.25, 0.3) is 0 Å². The minimum Gasteiger partial charge on any atom is -0.378 e. The van der Waals surface area contributed by atoms with Crippen LogP contribution in [0.2, 0.25) is 0 Å². The van der Waals surface area contributed by atoms with Crippen LogP contribution in [-0.2, 0) is 4.74 Å². The molecule has 0 aromatic heterocycles. The summed E-state index contributed by atoms with van der Waals surface area (Å²) in [4.78, 5) is 0. The molecule has 1 saturated heterocycles. The molecule has 3 heteroatoms. The summed E-state index contributed by atoms with van der Waals surface area (Å²) in [5.74, 6) is 1.66. The van der Waals surface area contributed by atoms with Crippen molar-refractivity contribution in [2.75, 3.05) is 26.2 Å². The van der Waals surface area contributed by atoms with Gasteiger partial charge in [0.1, 0.15) is 0 Å². The Morgan fingerprint density at radius 3 is 2.73 bits per heavy atom. The van der Waals surface area contributed by atoms with Crippen LogP contribution in [0.4, 0.5) is 0 Å². The largest absolute Gasteiger partial charge is 0.378 e. The molecule has 1 aliphatic carbocycles. The van der Waals surface area contributed by atoms with Gasteiger partial charge in [0.05, 0.1) is 6.10 Å². The Morgan fingerprint density at radius 1 is 1.33 bits per heavy atom. The number of hydrogen-bond acceptors (Lipinski definition) is 3. The van der Waals surface area contributed by atoms with Crippen molar-refractivity contribution >= 4 is 0 Å². The second kappa shape index (κ2) is 5.28. The van der Waals surface area contributed by atoms with Crippen LogP contribution in [0.1, 0.15) is 26.7 Å². The topological polar surface area (TPSA) is 33.3 Å². The highest BCUT2D eigenvalue weighted by Crippen LogP contribution is 2.24. The van der Waals surface area contributed by atoms with Gasteiger partial charge in [-0.3, -0.25) is 0 Å². The van der Waals surface area contributed by atoms with E-state index in [1.54, 1.807) is 0 Å². The molecule has 2 fully saturated rings. The number of hydrogen-bond donors (Lipinski definition) is 2. The highest BCUT2D eigenvalue weighted by atomic mass is 16.5. The molecule has 2 atom stereocenters. The van der Waals surface area contributed by atoms with Crippen LogP contribution in [0.5, 0.6) is 0 Å². The van der Waals surface area contributed by atoms with Crippen molar-refractivity contribution in [2.24, 2.45) is 11.8 Å². The summed E-state index contributed by atoms with van der Waals surface area (Å²) in [6.45, 7) is 8.84. The molecule has 15 heavy (non-hydrogen) atoms. The molecule has 2 N–H and O–H groups in total. The van der Waals surface area contributed by atoms with E-state index in [1.165, 1.54) is 32.5 Å². The van der Waals surface area contributed by atoms with Crippen molar-refractivity contribution in [2.45, 2.75) is 38.8 Å². The van der Waals surface area contributed by atoms with Crippen LogP contribution < -0.4 is 10.6 Å². The van der Waals surface area contributed by atoms with Gasteiger partial charge in [0, 0.05) is 12.6 Å². The second-order valence-electron chi connectivity index (χ2n) is 5.05. The van der Waals surface area contributed by atoms with Crippen molar-refractivity contribution in [1.82, 2.24) is 10.6 Å². The molecule has 88 valence electrons. The zero-order valence-electron chi connectivity index (χ0n) is 9.96. The van der Waals surface area contributed by atoms with Crippen LogP contribution in [0.3, 0.4) is 0 Å². The van der Waals surface area contributed by atoms with Crippen molar-refractivity contribution in [3.8, 4) is 0 Å². The summed E-state index contributed by atoms with van der Waals surface area (Å²) in [6.07, 6.45) is 2.96. The van der Waals surface area contributed by atoms with Crippen LogP contribution in [0, 0.1) is 11.8 Å². The standard InChI is InChI=1S/C12H24N2O/c1-3-15-12-4-11(5-12)14-8-10-7-13-6-9(10)2/h9-14H,3-8H2,1-2H3/t9-,10+,11?,12?/m1/s1. The van der Waals surface area contributed by atoms with E-state index in [-0.39, 0.29) is 0 Å². The molecule has 3 nitrogen and oxygen atoms in total. The highest BCUT2D eigenvalue weighted by Gasteiger charge is 2.30. The minimum atomic E-state index is 0.534. The summed E-state index contributed by atoms with van der Waals surface area (Å²) in [5, 5.41) is 7.11. The molecule has 0 radical (unpaired) electrons. The zero-order chi connectivity index (χ0) is 10.7. The number of ether oxygens (including phenoxy) is 1. The van der Waals surface area contributed by atoms with Gasteiger partial charge in [0.15, 0.2) is 0 Å². The monoisotopic (exact) mass is 212 g/mol. The molecule has 1 heterocycles. The highest BCUT2D eigenvalue weighted by molar-refractivity contribution is 4.88. The Labute approximate surface area is 93.0 Å². The first kappa shape index (κ1) is 11.4. The predicted octanol–water partition coefficient (Wildman–Crippen LogP) is 0.999. The van der Waals surface area contributed by atoms with E-state index < -0.39 is 0 Å². The van der Waals surface area contributed by atoms with E-state index >= 15 is 0 Å². The normalized spacial score (nSPS) is 40.4. The molecule has 0 spiro atoms. The molecule has 1 saturated carbocycles. The van der Waals surface area contributed by atoms with Gasteiger partial charge in [-0.1, -0.05) is 6.92 Å². The Bertz CT molecular complexity index is 192. The van der Waals surface area contributed by atoms with Crippen LogP contribution in [-0.4, -0.2) is 38.4 Å². The summed E-state index contributed by atoms with van der Waals surface area (Å²) >= 11 is 0. The van der Waals surface area contributed by atoms with Crippen molar-refractivity contribution in [3.63, 3.8) is 0 Å². The van der Waals surface area contributed by atoms with Gasteiger partial charge in [0.2, 0.25) is 0 Å². The third-order valence-electron chi connectivity index (χ3n) is 3.84. The third kappa shape index (κ3) is 2.92. The quantitative estimate of drug-likeness (QED) is 0.713. The van der Waals surface area contributed by atoms with E-state index in [9.17, 15) is 0 Å². The van der Waals surface area contributed by atoms with Crippen LogP contribution in [0.15, 0.2) is 0 Å². The van der Waals surface area contributed by atoms with Gasteiger partial charge >= 0.3 is 0 Å². The predicted molar refractivity (Wildman–Crippen MR) is 62.0 cm³/mol. The average Bonchev–Trinajstić information content (AvgIpc) is 2.55. The van der Waals surface area contributed by atoms with Gasteiger partial charge in [0.25, 0.3) is 0 Å². The summed E-state index contributed by atoms with van der Waals surface area (Å²) in [5.41, 5.74) is 0. The Kier molecular flexibility index (Phi) is 4.00. The van der Waals surface area contributed by atoms with E-state index in [0.29, 0.717) is 12.1 Å². The molecule has 0 aromatic carbocycles. The lowest BCUT2D eigenvalue weighted by atomic mass is 9.88. The summed E-state index contributed by atoms with van der Waals surface area (Å²) < 4.78 is 5.55. The molecular weight excluding hydrogens is 188 g/mol. The maximum Gasteiger partial charge on any atom is 0.0604 e. The lowest BCUT2D eigenvalue weighted by molar-refractivity contribution is -0.0106. The first-order chi connectivity index (χ1) is 7.29. The van der Waals surface area contributed by atoms with E-state index in [2.05, 4.69) is 24.5 Å². The Balaban J connectivity index is 1.56. The van der Waals surface area contributed by atoms with Gasteiger partial charge in [-0.05, 0) is 51.2 Å². The molecule has 2 rings (SSSR count). The lowest BCUT2D eigenvalue weighted by Gasteiger charge is -2.36. The van der Waals surface area contributed by atoms with Crippen molar-refractivity contribution in [1.29, 1.82) is 0 Å². The maximum absolute atomic E-state index is 5.55. The first-order valence-electron chi connectivity index (χ1n) is 6.35. The maximum atomic E-state index is 5.55. The molecule has 2 aliphatic rings. The number of rotatable bonds is 5. The molecule has 0 bridgehead atoms. The van der Waals surface area contributed by atoms with Crippen molar-refractivity contribution < 1.29 is 4.74 Å². The van der Waals surface area contributed by atoms with Crippen LogP contribution >= 0.6 is 0 Å². The smallest absolute Gasteiger partial charge is 0.0604 e.